The number of allylic oxidation sites excluding steroid dienone is 1. The summed E-state index contributed by atoms with van der Waals surface area (Å²) < 4.78 is 0. The van der Waals surface area contributed by atoms with Gasteiger partial charge in [-0.25, -0.2) is 5.10 Å². The Balaban J connectivity index is 3.54. The second-order valence-corrected chi connectivity index (χ2v) is 2.86. The van der Waals surface area contributed by atoms with E-state index >= 15 is 0 Å². The van der Waals surface area contributed by atoms with Crippen molar-refractivity contribution in [2.24, 2.45) is 0 Å². The van der Waals surface area contributed by atoms with Gasteiger partial charge in [-0.05, 0) is 0 Å². The molecule has 1 aromatic rings. The summed E-state index contributed by atoms with van der Waals surface area (Å²) in [7, 11) is 0. The predicted octanol–water partition coefficient (Wildman–Crippen LogP) is -1.23. The zero-order chi connectivity index (χ0) is 11.4. The molecule has 0 fully saturated rings. The number of aromatic amines is 1. The van der Waals surface area contributed by atoms with E-state index < -0.39 is 11.5 Å². The molecule has 0 bridgehead atoms. The Bertz CT molecular complexity index is 557. The average molecular weight is 206 g/mol. The zero-order valence-corrected chi connectivity index (χ0v) is 7.99. The average Bonchev–Trinajstić information content (AvgIpc) is 2.17. The summed E-state index contributed by atoms with van der Waals surface area (Å²) in [6.07, 6.45) is 2.71. The van der Waals surface area contributed by atoms with Crippen molar-refractivity contribution in [1.29, 1.82) is 0 Å². The third kappa shape index (κ3) is 2.40. The van der Waals surface area contributed by atoms with Gasteiger partial charge in [0.1, 0.15) is 0 Å². The Morgan fingerprint density at radius 2 is 2.27 bits per heavy atom. The van der Waals surface area contributed by atoms with Crippen LogP contribution in [0.1, 0.15) is 5.69 Å². The lowest BCUT2D eigenvalue weighted by Gasteiger charge is -1.96. The second-order valence-electron chi connectivity index (χ2n) is 2.86. The lowest BCUT2D eigenvalue weighted by atomic mass is 10.2. The van der Waals surface area contributed by atoms with Gasteiger partial charge in [-0.1, -0.05) is 25.3 Å². The standard InChI is InChI=1S/C10H10N2O3/c1-3-4-7-6(2)10(15)12-11-8(7)5-9(13)14/h3-4H,1-2,5H2,(H,12,15)(H,13,14)/b7-4+. The number of aromatic nitrogens is 2. The minimum atomic E-state index is -1.02. The SMILES string of the molecule is C=C/C=c1/c(CC(=O)O)n[nH]c(=O)c1=C. The molecule has 5 nitrogen and oxygen atoms in total. The van der Waals surface area contributed by atoms with Crippen LogP contribution in [0.3, 0.4) is 0 Å². The topological polar surface area (TPSA) is 83.0 Å². The van der Waals surface area contributed by atoms with Crippen LogP contribution in [0.5, 0.6) is 0 Å². The van der Waals surface area contributed by atoms with Gasteiger partial charge in [0.2, 0.25) is 0 Å². The lowest BCUT2D eigenvalue weighted by molar-refractivity contribution is -0.136. The second kappa shape index (κ2) is 4.36. The molecule has 0 aliphatic heterocycles. The number of nitrogens with one attached hydrogen (secondary N) is 1. The number of aliphatic carboxylic acids is 1. The van der Waals surface area contributed by atoms with Crippen LogP contribution >= 0.6 is 0 Å². The summed E-state index contributed by atoms with van der Waals surface area (Å²) >= 11 is 0. The fraction of sp³-hybridized carbons (Fsp3) is 0.100. The summed E-state index contributed by atoms with van der Waals surface area (Å²) in [6.45, 7) is 7.03. The minimum absolute atomic E-state index is 0.196. The van der Waals surface area contributed by atoms with Crippen molar-refractivity contribution < 1.29 is 9.90 Å². The van der Waals surface area contributed by atoms with E-state index in [4.69, 9.17) is 5.11 Å². The largest absolute Gasteiger partial charge is 0.481 e. The molecule has 15 heavy (non-hydrogen) atoms. The smallest absolute Gasteiger partial charge is 0.309 e. The van der Waals surface area contributed by atoms with Gasteiger partial charge in [-0.2, -0.15) is 5.10 Å². The molecule has 1 heterocycles. The molecule has 0 spiro atoms. The Labute approximate surface area is 85.1 Å². The first-order valence-corrected chi connectivity index (χ1v) is 4.17. The maximum atomic E-state index is 11.2. The van der Waals surface area contributed by atoms with Crippen LogP contribution in [0.4, 0.5) is 0 Å². The molecule has 0 radical (unpaired) electrons. The monoisotopic (exact) mass is 206 g/mol. The van der Waals surface area contributed by atoms with E-state index in [0.29, 0.717) is 5.22 Å². The predicted molar refractivity (Wildman–Crippen MR) is 55.6 cm³/mol. The molecule has 0 aromatic carbocycles. The first-order chi connectivity index (χ1) is 7.06. The Morgan fingerprint density at radius 3 is 2.80 bits per heavy atom. The molecular formula is C10H10N2O3. The van der Waals surface area contributed by atoms with Gasteiger partial charge < -0.3 is 5.11 Å². The molecule has 0 aliphatic carbocycles. The van der Waals surface area contributed by atoms with Crippen LogP contribution in [-0.4, -0.2) is 21.3 Å². The van der Waals surface area contributed by atoms with Crippen LogP contribution < -0.4 is 16.0 Å². The number of carboxylic acids is 1. The van der Waals surface area contributed by atoms with E-state index in [1.165, 1.54) is 12.2 Å². The van der Waals surface area contributed by atoms with Gasteiger partial charge in [0.15, 0.2) is 0 Å². The molecular weight excluding hydrogens is 196 g/mol. The summed E-state index contributed by atoms with van der Waals surface area (Å²) in [5.41, 5.74) is -0.163. The van der Waals surface area contributed by atoms with Gasteiger partial charge >= 0.3 is 5.97 Å². The highest BCUT2D eigenvalue weighted by Gasteiger charge is 2.05. The third-order valence-corrected chi connectivity index (χ3v) is 1.81. The molecule has 0 saturated carbocycles. The van der Waals surface area contributed by atoms with E-state index in [0.717, 1.165) is 0 Å². The summed E-state index contributed by atoms with van der Waals surface area (Å²) in [5.74, 6) is -1.02. The zero-order valence-electron chi connectivity index (χ0n) is 7.99. The van der Waals surface area contributed by atoms with E-state index in [1.807, 2.05) is 0 Å². The number of H-pyrrole nitrogens is 1. The molecule has 0 unspecified atom stereocenters. The van der Waals surface area contributed by atoms with Crippen LogP contribution in [0.15, 0.2) is 17.4 Å². The van der Waals surface area contributed by atoms with Crippen molar-refractivity contribution in [2.45, 2.75) is 6.42 Å². The third-order valence-electron chi connectivity index (χ3n) is 1.81. The maximum Gasteiger partial charge on any atom is 0.309 e. The van der Waals surface area contributed by atoms with Crippen molar-refractivity contribution in [3.63, 3.8) is 0 Å². The van der Waals surface area contributed by atoms with Crippen LogP contribution in [0, 0.1) is 0 Å². The number of carboxylic acid groups (broad SMARTS) is 1. The van der Waals surface area contributed by atoms with Crippen molar-refractivity contribution in [2.75, 3.05) is 0 Å². The number of nitrogens with zero attached hydrogens (tertiary/aromatic N) is 1. The van der Waals surface area contributed by atoms with Crippen molar-refractivity contribution >= 4 is 18.6 Å². The molecule has 0 aliphatic rings. The normalized spacial score (nSPS) is 11.3. The van der Waals surface area contributed by atoms with Crippen molar-refractivity contribution in [3.05, 3.63) is 39.1 Å². The van der Waals surface area contributed by atoms with Gasteiger partial charge in [0.25, 0.3) is 5.56 Å². The lowest BCUT2D eigenvalue weighted by Crippen LogP contribution is -2.43. The fourth-order valence-corrected chi connectivity index (χ4v) is 1.14. The molecule has 1 rings (SSSR count). The van der Waals surface area contributed by atoms with E-state index in [1.54, 1.807) is 0 Å². The fourth-order valence-electron chi connectivity index (χ4n) is 1.14. The molecule has 0 atom stereocenters. The van der Waals surface area contributed by atoms with Crippen molar-refractivity contribution in [1.82, 2.24) is 10.2 Å². The summed E-state index contributed by atoms with van der Waals surface area (Å²) in [5, 5.41) is 15.1. The Hall–Kier alpha value is -2.17. The molecule has 78 valence electrons. The summed E-state index contributed by atoms with van der Waals surface area (Å²) in [6, 6.07) is 0. The first-order valence-electron chi connectivity index (χ1n) is 4.17. The molecule has 0 amide bonds. The maximum absolute atomic E-state index is 11.2. The van der Waals surface area contributed by atoms with E-state index in [-0.39, 0.29) is 17.3 Å². The number of carbonyl (C=O) groups is 1. The van der Waals surface area contributed by atoms with Gasteiger partial charge in [-0.3, -0.25) is 9.59 Å². The highest BCUT2D eigenvalue weighted by molar-refractivity contribution is 5.69. The molecule has 2 N–H and O–H groups in total. The Morgan fingerprint density at radius 1 is 1.60 bits per heavy atom. The highest BCUT2D eigenvalue weighted by atomic mass is 16.4. The van der Waals surface area contributed by atoms with Gasteiger partial charge in [0.05, 0.1) is 12.1 Å². The number of hydrogen-bond donors (Lipinski definition) is 2. The highest BCUT2D eigenvalue weighted by Crippen LogP contribution is 1.82. The van der Waals surface area contributed by atoms with E-state index in [9.17, 15) is 9.59 Å². The van der Waals surface area contributed by atoms with E-state index in [2.05, 4.69) is 23.4 Å². The number of hydrogen-bond acceptors (Lipinski definition) is 3. The van der Waals surface area contributed by atoms with Crippen LogP contribution in [0.25, 0.3) is 12.7 Å². The number of rotatable bonds is 3. The van der Waals surface area contributed by atoms with Gasteiger partial charge in [0, 0.05) is 10.4 Å². The summed E-state index contributed by atoms with van der Waals surface area (Å²) in [4.78, 5) is 21.7. The van der Waals surface area contributed by atoms with Crippen molar-refractivity contribution in [3.8, 4) is 0 Å². The molecule has 5 heteroatoms. The quantitative estimate of drug-likeness (QED) is 0.649. The Kier molecular flexibility index (Phi) is 3.17. The van der Waals surface area contributed by atoms with Gasteiger partial charge in [-0.15, -0.1) is 0 Å². The first kappa shape index (κ1) is 10.9. The van der Waals surface area contributed by atoms with Crippen LogP contribution in [-0.2, 0) is 11.2 Å². The van der Waals surface area contributed by atoms with Crippen LogP contribution in [0.2, 0.25) is 0 Å². The molecule has 1 aromatic heterocycles. The molecule has 0 saturated heterocycles. The minimum Gasteiger partial charge on any atom is -0.481 e.